The molecule has 6 nitrogen and oxygen atoms in total. The van der Waals surface area contributed by atoms with Gasteiger partial charge in [-0.1, -0.05) is 29.0 Å². The van der Waals surface area contributed by atoms with Crippen LogP contribution in [0.25, 0.3) is 10.2 Å². The number of aryl methyl sites for hydroxylation is 1. The Hall–Kier alpha value is -2.12. The van der Waals surface area contributed by atoms with Gasteiger partial charge in [-0.25, -0.2) is 4.98 Å². The van der Waals surface area contributed by atoms with Crippen molar-refractivity contribution in [2.24, 2.45) is 7.05 Å². The molecule has 2 aromatic heterocycles. The fourth-order valence-corrected chi connectivity index (χ4v) is 4.47. The van der Waals surface area contributed by atoms with Crippen LogP contribution in [0, 0.1) is 0 Å². The maximum absolute atomic E-state index is 12.7. The lowest BCUT2D eigenvalue weighted by atomic mass is 10.1. The lowest BCUT2D eigenvalue weighted by Crippen LogP contribution is -2.54. The fraction of sp³-hybridized carbons (Fsp3) is 0.353. The van der Waals surface area contributed by atoms with Gasteiger partial charge in [-0.2, -0.15) is 5.10 Å². The van der Waals surface area contributed by atoms with Crippen LogP contribution in [0.5, 0.6) is 0 Å². The molecule has 0 radical (unpaired) electrons. The Morgan fingerprint density at radius 3 is 2.88 bits per heavy atom. The van der Waals surface area contributed by atoms with Crippen LogP contribution in [0.3, 0.4) is 0 Å². The number of aromatic nitrogens is 3. The lowest BCUT2D eigenvalue weighted by Gasteiger charge is -2.39. The molecule has 1 fully saturated rings. The van der Waals surface area contributed by atoms with E-state index in [0.717, 1.165) is 28.4 Å². The summed E-state index contributed by atoms with van der Waals surface area (Å²) in [6.45, 7) is 4.25. The molecule has 1 aromatic carbocycles. The highest BCUT2D eigenvalue weighted by molar-refractivity contribution is 7.22. The highest BCUT2D eigenvalue weighted by Gasteiger charge is 2.30. The highest BCUT2D eigenvalue weighted by Crippen LogP contribution is 2.33. The average molecular weight is 376 g/mol. The highest BCUT2D eigenvalue weighted by atomic mass is 35.5. The summed E-state index contributed by atoms with van der Waals surface area (Å²) in [7, 11) is 1.82. The fourth-order valence-electron chi connectivity index (χ4n) is 3.17. The van der Waals surface area contributed by atoms with Crippen molar-refractivity contribution in [1.29, 1.82) is 0 Å². The topological polar surface area (TPSA) is 54.3 Å². The van der Waals surface area contributed by atoms with E-state index in [-0.39, 0.29) is 11.9 Å². The van der Waals surface area contributed by atoms with Crippen molar-refractivity contribution in [3.8, 4) is 0 Å². The van der Waals surface area contributed by atoms with E-state index in [1.807, 2.05) is 30.1 Å². The normalized spacial score (nSPS) is 18.1. The second-order valence-electron chi connectivity index (χ2n) is 6.28. The summed E-state index contributed by atoms with van der Waals surface area (Å²) in [6.07, 6.45) is 3.38. The van der Waals surface area contributed by atoms with Gasteiger partial charge in [0, 0.05) is 38.9 Å². The van der Waals surface area contributed by atoms with Crippen LogP contribution < -0.4 is 4.90 Å². The number of hydrogen-bond donors (Lipinski definition) is 0. The van der Waals surface area contributed by atoms with Crippen molar-refractivity contribution in [2.45, 2.75) is 13.0 Å². The van der Waals surface area contributed by atoms with Gasteiger partial charge in [0.05, 0.1) is 21.5 Å². The Balaban J connectivity index is 1.52. The first-order chi connectivity index (χ1) is 12.0. The molecule has 0 spiro atoms. The summed E-state index contributed by atoms with van der Waals surface area (Å²) in [4.78, 5) is 21.5. The van der Waals surface area contributed by atoms with Crippen LogP contribution in [0.4, 0.5) is 5.13 Å². The molecule has 0 aliphatic carbocycles. The van der Waals surface area contributed by atoms with Gasteiger partial charge in [-0.05, 0) is 19.1 Å². The van der Waals surface area contributed by atoms with Gasteiger partial charge in [-0.3, -0.25) is 9.48 Å². The molecule has 1 aliphatic heterocycles. The van der Waals surface area contributed by atoms with E-state index in [2.05, 4.69) is 16.9 Å². The number of fused-ring (bicyclic) bond motifs is 1. The van der Waals surface area contributed by atoms with Crippen LogP contribution in [-0.2, 0) is 7.05 Å². The minimum atomic E-state index is 0.0348. The summed E-state index contributed by atoms with van der Waals surface area (Å²) >= 11 is 7.88. The molecule has 4 rings (SSSR count). The Kier molecular flexibility index (Phi) is 4.13. The molecule has 1 aliphatic rings. The van der Waals surface area contributed by atoms with Gasteiger partial charge in [0.15, 0.2) is 5.13 Å². The number of nitrogens with zero attached hydrogens (tertiary/aromatic N) is 5. The van der Waals surface area contributed by atoms with Crippen LogP contribution in [0.1, 0.15) is 17.3 Å². The number of piperazine rings is 1. The van der Waals surface area contributed by atoms with Crippen molar-refractivity contribution in [2.75, 3.05) is 24.5 Å². The van der Waals surface area contributed by atoms with Crippen molar-refractivity contribution in [3.63, 3.8) is 0 Å². The van der Waals surface area contributed by atoms with E-state index < -0.39 is 0 Å². The summed E-state index contributed by atoms with van der Waals surface area (Å²) in [5, 5.41) is 5.73. The molecule has 1 saturated heterocycles. The maximum Gasteiger partial charge on any atom is 0.257 e. The van der Waals surface area contributed by atoms with Crippen molar-refractivity contribution < 1.29 is 4.79 Å². The average Bonchev–Trinajstić information content (AvgIpc) is 3.21. The third-order valence-corrected chi connectivity index (χ3v) is 5.86. The number of hydrogen-bond acceptors (Lipinski definition) is 5. The van der Waals surface area contributed by atoms with Crippen molar-refractivity contribution in [1.82, 2.24) is 19.7 Å². The predicted octanol–water partition coefficient (Wildman–Crippen LogP) is 3.03. The number of carbonyl (C=O) groups excluding carboxylic acids is 1. The van der Waals surface area contributed by atoms with Crippen molar-refractivity contribution >= 4 is 44.2 Å². The van der Waals surface area contributed by atoms with Gasteiger partial charge >= 0.3 is 0 Å². The zero-order valence-corrected chi connectivity index (χ0v) is 15.6. The van der Waals surface area contributed by atoms with E-state index >= 15 is 0 Å². The van der Waals surface area contributed by atoms with E-state index in [1.54, 1.807) is 28.4 Å². The Morgan fingerprint density at radius 2 is 2.20 bits per heavy atom. The number of rotatable bonds is 2. The molecule has 1 amide bonds. The molecular formula is C17H18ClN5OS. The number of benzene rings is 1. The van der Waals surface area contributed by atoms with Gasteiger partial charge < -0.3 is 9.80 Å². The zero-order valence-electron chi connectivity index (χ0n) is 14.0. The molecule has 0 bridgehead atoms. The SMILES string of the molecule is CC1CN(c2nc3c(Cl)cccc3s2)CCN1C(=O)c1cnn(C)c1. The molecule has 3 heterocycles. The number of carbonyl (C=O) groups is 1. The minimum absolute atomic E-state index is 0.0348. The molecule has 0 N–H and O–H groups in total. The van der Waals surface area contributed by atoms with Crippen molar-refractivity contribution in [3.05, 3.63) is 41.2 Å². The third-order valence-electron chi connectivity index (χ3n) is 4.47. The van der Waals surface area contributed by atoms with E-state index in [4.69, 9.17) is 16.6 Å². The van der Waals surface area contributed by atoms with Gasteiger partial charge in [0.1, 0.15) is 5.52 Å². The Morgan fingerprint density at radius 1 is 1.36 bits per heavy atom. The quantitative estimate of drug-likeness (QED) is 0.690. The lowest BCUT2D eigenvalue weighted by molar-refractivity contribution is 0.0674. The third kappa shape index (κ3) is 2.98. The largest absolute Gasteiger partial charge is 0.344 e. The smallest absolute Gasteiger partial charge is 0.257 e. The van der Waals surface area contributed by atoms with E-state index in [0.29, 0.717) is 17.1 Å². The first kappa shape index (κ1) is 16.4. The summed E-state index contributed by atoms with van der Waals surface area (Å²) in [6, 6.07) is 5.94. The number of para-hydroxylation sites is 1. The van der Waals surface area contributed by atoms with Crippen LogP contribution in [0.15, 0.2) is 30.6 Å². The monoisotopic (exact) mass is 375 g/mol. The Bertz CT molecular complexity index is 936. The Labute approximate surface area is 154 Å². The van der Waals surface area contributed by atoms with Gasteiger partial charge in [0.25, 0.3) is 5.91 Å². The molecule has 130 valence electrons. The summed E-state index contributed by atoms with van der Waals surface area (Å²) in [5.74, 6) is 0.0348. The first-order valence-electron chi connectivity index (χ1n) is 8.12. The van der Waals surface area contributed by atoms with E-state index in [9.17, 15) is 4.79 Å². The summed E-state index contributed by atoms with van der Waals surface area (Å²) in [5.41, 5.74) is 1.49. The molecule has 25 heavy (non-hydrogen) atoms. The zero-order chi connectivity index (χ0) is 17.6. The first-order valence-corrected chi connectivity index (χ1v) is 9.32. The number of anilines is 1. The molecule has 1 unspecified atom stereocenters. The second kappa shape index (κ2) is 6.31. The maximum atomic E-state index is 12.7. The standard InChI is InChI=1S/C17H18ClN5OS/c1-11-9-22(17-20-15-13(18)4-3-5-14(15)25-17)6-7-23(11)16(24)12-8-19-21(2)10-12/h3-5,8,10-11H,6-7,9H2,1-2H3. The van der Waals surface area contributed by atoms with E-state index in [1.165, 1.54) is 0 Å². The second-order valence-corrected chi connectivity index (χ2v) is 7.70. The van der Waals surface area contributed by atoms with Gasteiger partial charge in [0.2, 0.25) is 0 Å². The molecule has 3 aromatic rings. The minimum Gasteiger partial charge on any atom is -0.344 e. The predicted molar refractivity (Wildman–Crippen MR) is 101 cm³/mol. The number of thiazole rings is 1. The number of halogens is 1. The molecule has 0 saturated carbocycles. The van der Waals surface area contributed by atoms with Crippen LogP contribution in [0.2, 0.25) is 5.02 Å². The number of amides is 1. The summed E-state index contributed by atoms with van der Waals surface area (Å²) < 4.78 is 2.74. The van der Waals surface area contributed by atoms with Crippen LogP contribution >= 0.6 is 22.9 Å². The van der Waals surface area contributed by atoms with Crippen LogP contribution in [-0.4, -0.2) is 51.2 Å². The van der Waals surface area contributed by atoms with Gasteiger partial charge in [-0.15, -0.1) is 0 Å². The molecular weight excluding hydrogens is 358 g/mol. The molecule has 8 heteroatoms. The molecule has 1 atom stereocenters.